The summed E-state index contributed by atoms with van der Waals surface area (Å²) >= 11 is 0. The number of alkyl halides is 1. The minimum Gasteiger partial charge on any atom is -0.462 e. The first kappa shape index (κ1) is 51.8. The standard InChI is InChI=1S/C41H78FO12P/c1-3-5-7-9-11-13-15-17-19-21-23-25-27-29-34(43)51-31-33(32-52-55(49,50)54-41-38(46)36(42)37(45)39(47)40(41)48)53-35(44)30-28-26-24-22-20-18-16-14-12-10-8-6-4-2/h33,36-41,45-48H,3-32H2,1-2H3,(H,49,50)/t33-,36+,37+,38-,39-,40-,41-/m1/s1. The zero-order valence-corrected chi connectivity index (χ0v) is 35.1. The van der Waals surface area contributed by atoms with Gasteiger partial charge in [0.15, 0.2) is 12.3 Å². The summed E-state index contributed by atoms with van der Waals surface area (Å²) < 4.78 is 47.5. The number of hydrogen-bond acceptors (Lipinski definition) is 11. The third kappa shape index (κ3) is 25.7. The van der Waals surface area contributed by atoms with Crippen molar-refractivity contribution in [1.82, 2.24) is 0 Å². The number of aliphatic hydroxyl groups excluding tert-OH is 4. The van der Waals surface area contributed by atoms with Crippen molar-refractivity contribution in [3.8, 4) is 0 Å². The lowest BCUT2D eigenvalue weighted by Gasteiger charge is -2.40. The third-order valence-electron chi connectivity index (χ3n) is 10.4. The molecular formula is C41H78FO12P. The molecule has 0 spiro atoms. The van der Waals surface area contributed by atoms with Gasteiger partial charge in [0.2, 0.25) is 0 Å². The fourth-order valence-electron chi connectivity index (χ4n) is 6.85. The predicted molar refractivity (Wildman–Crippen MR) is 211 cm³/mol. The van der Waals surface area contributed by atoms with Crippen LogP contribution in [0.2, 0.25) is 0 Å². The molecule has 12 nitrogen and oxygen atoms in total. The number of aliphatic hydroxyl groups is 4. The fraction of sp³-hybridized carbons (Fsp3) is 0.951. The molecule has 0 aromatic rings. The first-order valence-corrected chi connectivity index (χ1v) is 23.3. The van der Waals surface area contributed by atoms with Crippen molar-refractivity contribution >= 4 is 19.8 Å². The van der Waals surface area contributed by atoms with Gasteiger partial charge in [-0.2, -0.15) is 0 Å². The van der Waals surface area contributed by atoms with E-state index in [-0.39, 0.29) is 12.8 Å². The number of phosphoric acid groups is 1. The molecule has 5 N–H and O–H groups in total. The second-order valence-electron chi connectivity index (χ2n) is 15.5. The van der Waals surface area contributed by atoms with E-state index in [1.165, 1.54) is 109 Å². The van der Waals surface area contributed by atoms with Gasteiger partial charge in [0.1, 0.15) is 37.1 Å². The Labute approximate surface area is 331 Å². The summed E-state index contributed by atoms with van der Waals surface area (Å²) in [5, 5.41) is 39.7. The van der Waals surface area contributed by atoms with Gasteiger partial charge in [0.25, 0.3) is 0 Å². The molecule has 0 aliphatic heterocycles. The highest BCUT2D eigenvalue weighted by Crippen LogP contribution is 2.47. The molecule has 1 rings (SSSR count). The Morgan fingerprint density at radius 1 is 0.545 bits per heavy atom. The van der Waals surface area contributed by atoms with Crippen LogP contribution in [0.15, 0.2) is 0 Å². The molecule has 0 saturated heterocycles. The van der Waals surface area contributed by atoms with E-state index in [1.807, 2.05) is 0 Å². The molecule has 1 fully saturated rings. The van der Waals surface area contributed by atoms with Crippen LogP contribution >= 0.6 is 7.82 Å². The van der Waals surface area contributed by atoms with Crippen molar-refractivity contribution in [2.45, 2.75) is 236 Å². The maximum Gasteiger partial charge on any atom is 0.472 e. The Balaban J connectivity index is 2.48. The molecule has 1 aliphatic rings. The fourth-order valence-corrected chi connectivity index (χ4v) is 7.82. The van der Waals surface area contributed by atoms with Crippen molar-refractivity contribution in [3.63, 3.8) is 0 Å². The largest absolute Gasteiger partial charge is 0.472 e. The Morgan fingerprint density at radius 2 is 0.927 bits per heavy atom. The minimum absolute atomic E-state index is 0.0903. The molecule has 1 unspecified atom stereocenters. The molecule has 14 heteroatoms. The summed E-state index contributed by atoms with van der Waals surface area (Å²) in [7, 11) is -5.16. The number of unbranched alkanes of at least 4 members (excludes halogenated alkanes) is 24. The van der Waals surface area contributed by atoms with Gasteiger partial charge in [-0.1, -0.05) is 168 Å². The highest BCUT2D eigenvalue weighted by atomic mass is 31.2. The summed E-state index contributed by atoms with van der Waals surface area (Å²) in [6.07, 6.45) is 15.9. The zero-order valence-electron chi connectivity index (χ0n) is 34.2. The Kier molecular flexibility index (Phi) is 30.9. The Bertz CT molecular complexity index is 990. The molecule has 0 heterocycles. The topological polar surface area (TPSA) is 189 Å². The molecule has 0 aromatic heterocycles. The molecule has 326 valence electrons. The normalized spacial score (nSPS) is 23.0. The Morgan fingerprint density at radius 3 is 1.35 bits per heavy atom. The van der Waals surface area contributed by atoms with E-state index in [0.29, 0.717) is 12.8 Å². The van der Waals surface area contributed by atoms with Crippen LogP contribution in [0.1, 0.15) is 194 Å². The number of phosphoric ester groups is 1. The molecule has 0 bridgehead atoms. The number of hydrogen-bond donors (Lipinski definition) is 5. The molecule has 0 radical (unpaired) electrons. The van der Waals surface area contributed by atoms with E-state index in [1.54, 1.807) is 0 Å². The molecule has 55 heavy (non-hydrogen) atoms. The smallest absolute Gasteiger partial charge is 0.462 e. The molecule has 8 atom stereocenters. The van der Waals surface area contributed by atoms with Crippen LogP contribution in [0, 0.1) is 0 Å². The van der Waals surface area contributed by atoms with E-state index in [2.05, 4.69) is 13.8 Å². The molecular weight excluding hydrogens is 734 g/mol. The van der Waals surface area contributed by atoms with Crippen LogP contribution in [0.4, 0.5) is 4.39 Å². The van der Waals surface area contributed by atoms with Gasteiger partial charge in [0.05, 0.1) is 6.61 Å². The van der Waals surface area contributed by atoms with Gasteiger partial charge >= 0.3 is 19.8 Å². The van der Waals surface area contributed by atoms with Gasteiger partial charge < -0.3 is 34.8 Å². The predicted octanol–water partition coefficient (Wildman–Crippen LogP) is 8.70. The van der Waals surface area contributed by atoms with Crippen LogP contribution in [0.25, 0.3) is 0 Å². The average molecular weight is 813 g/mol. The molecule has 0 amide bonds. The van der Waals surface area contributed by atoms with Gasteiger partial charge in [0, 0.05) is 12.8 Å². The Hall–Kier alpha value is -1.18. The molecule has 1 saturated carbocycles. The first-order valence-electron chi connectivity index (χ1n) is 21.8. The van der Waals surface area contributed by atoms with E-state index >= 15 is 0 Å². The monoisotopic (exact) mass is 813 g/mol. The average Bonchev–Trinajstić information content (AvgIpc) is 3.16. The zero-order chi connectivity index (χ0) is 40.7. The summed E-state index contributed by atoms with van der Waals surface area (Å²) in [5.74, 6) is -1.12. The highest BCUT2D eigenvalue weighted by molar-refractivity contribution is 7.47. The van der Waals surface area contributed by atoms with Gasteiger partial charge in [-0.15, -0.1) is 0 Å². The second kappa shape index (κ2) is 32.7. The third-order valence-corrected chi connectivity index (χ3v) is 11.4. The lowest BCUT2D eigenvalue weighted by atomic mass is 9.86. The van der Waals surface area contributed by atoms with Crippen molar-refractivity contribution in [2.75, 3.05) is 13.2 Å². The minimum atomic E-state index is -5.16. The van der Waals surface area contributed by atoms with Crippen molar-refractivity contribution in [1.29, 1.82) is 0 Å². The lowest BCUT2D eigenvalue weighted by Crippen LogP contribution is -2.62. The van der Waals surface area contributed by atoms with Gasteiger partial charge in [-0.3, -0.25) is 18.6 Å². The number of carbonyl (C=O) groups excluding carboxylic acids is 2. The van der Waals surface area contributed by atoms with E-state index < -0.39 is 75.8 Å². The maximum atomic E-state index is 14.2. The van der Waals surface area contributed by atoms with Crippen LogP contribution in [0.3, 0.4) is 0 Å². The first-order chi connectivity index (χ1) is 26.4. The number of halogens is 1. The molecule has 0 aromatic carbocycles. The van der Waals surface area contributed by atoms with Gasteiger partial charge in [-0.05, 0) is 12.8 Å². The van der Waals surface area contributed by atoms with Crippen LogP contribution < -0.4 is 0 Å². The quantitative estimate of drug-likeness (QED) is 0.0230. The number of ether oxygens (including phenoxy) is 2. The van der Waals surface area contributed by atoms with E-state index in [0.717, 1.165) is 44.9 Å². The number of carbonyl (C=O) groups is 2. The van der Waals surface area contributed by atoms with Crippen molar-refractivity contribution in [2.24, 2.45) is 0 Å². The SMILES string of the molecule is CCCCCCCCCCCCCCCC(=O)OC[C@H](COP(=O)(O)O[C@H]1[C@H](O)[C@H](O)[C@@H](O)[C@H](F)[C@H]1O)OC(=O)CCCCCCCCCCCCCCC. The summed E-state index contributed by atoms with van der Waals surface area (Å²) in [6.45, 7) is 3.24. The van der Waals surface area contributed by atoms with Crippen LogP contribution in [0.5, 0.6) is 0 Å². The van der Waals surface area contributed by atoms with E-state index in [4.69, 9.17) is 18.5 Å². The van der Waals surface area contributed by atoms with Crippen molar-refractivity contribution < 1.29 is 62.4 Å². The molecule has 1 aliphatic carbocycles. The second-order valence-corrected chi connectivity index (χ2v) is 16.9. The summed E-state index contributed by atoms with van der Waals surface area (Å²) in [4.78, 5) is 35.5. The highest BCUT2D eigenvalue weighted by Gasteiger charge is 2.52. The van der Waals surface area contributed by atoms with Crippen LogP contribution in [-0.4, -0.2) is 93.3 Å². The summed E-state index contributed by atoms with van der Waals surface area (Å²) in [6, 6.07) is 0. The van der Waals surface area contributed by atoms with E-state index in [9.17, 15) is 43.9 Å². The summed E-state index contributed by atoms with van der Waals surface area (Å²) in [5.41, 5.74) is 0. The number of rotatable bonds is 36. The van der Waals surface area contributed by atoms with Gasteiger partial charge in [-0.25, -0.2) is 8.96 Å². The number of esters is 2. The van der Waals surface area contributed by atoms with Crippen LogP contribution in [-0.2, 0) is 32.7 Å². The lowest BCUT2D eigenvalue weighted by molar-refractivity contribution is -0.203. The maximum absolute atomic E-state index is 14.2. The van der Waals surface area contributed by atoms with Crippen molar-refractivity contribution in [3.05, 3.63) is 0 Å².